The number of carbonyl (C=O) groups is 1. The lowest BCUT2D eigenvalue weighted by Gasteiger charge is -2.24. The van der Waals surface area contributed by atoms with Crippen LogP contribution in [0.25, 0.3) is 6.08 Å². The highest BCUT2D eigenvalue weighted by atomic mass is 35.5. The molecular weight excluding hydrogens is 309 g/mol. The van der Waals surface area contributed by atoms with Crippen molar-refractivity contribution in [2.75, 3.05) is 13.2 Å². The lowest BCUT2D eigenvalue weighted by molar-refractivity contribution is -0.116. The third-order valence-electron chi connectivity index (χ3n) is 3.13. The smallest absolute Gasteiger partial charge is 0.244 e. The molecule has 5 heteroatoms. The van der Waals surface area contributed by atoms with E-state index >= 15 is 0 Å². The van der Waals surface area contributed by atoms with Crippen molar-refractivity contribution >= 4 is 35.2 Å². The third kappa shape index (κ3) is 6.98. The molecule has 0 atom stereocenters. The number of hydrogen-bond donors (Lipinski definition) is 2. The number of nitrogens with one attached hydrogen (secondary N) is 1. The van der Waals surface area contributed by atoms with Crippen molar-refractivity contribution in [1.29, 1.82) is 0 Å². The summed E-state index contributed by atoms with van der Waals surface area (Å²) in [4.78, 5) is 11.8. The molecule has 0 radical (unpaired) electrons. The van der Waals surface area contributed by atoms with Crippen LogP contribution in [0.2, 0.25) is 10.0 Å². The highest BCUT2D eigenvalue weighted by molar-refractivity contribution is 6.35. The maximum absolute atomic E-state index is 11.8. The van der Waals surface area contributed by atoms with Crippen LogP contribution in [0.15, 0.2) is 24.3 Å². The Morgan fingerprint density at radius 1 is 1.38 bits per heavy atom. The number of hydrogen-bond acceptors (Lipinski definition) is 2. The van der Waals surface area contributed by atoms with Gasteiger partial charge in [-0.25, -0.2) is 0 Å². The Bertz CT molecular complexity index is 513. The molecule has 116 valence electrons. The molecule has 0 aliphatic rings. The van der Waals surface area contributed by atoms with E-state index in [1.54, 1.807) is 24.3 Å². The number of carbonyl (C=O) groups excluding carboxylic acids is 1. The van der Waals surface area contributed by atoms with Crippen LogP contribution >= 0.6 is 23.2 Å². The Labute approximate surface area is 136 Å². The monoisotopic (exact) mass is 329 g/mol. The molecule has 0 aliphatic heterocycles. The Balaban J connectivity index is 2.51. The number of amides is 1. The second kappa shape index (κ2) is 8.42. The first-order chi connectivity index (χ1) is 9.84. The second-order valence-electron chi connectivity index (χ2n) is 5.71. The molecule has 3 nitrogen and oxygen atoms in total. The van der Waals surface area contributed by atoms with E-state index < -0.39 is 0 Å². The number of halogens is 2. The average Bonchev–Trinajstić information content (AvgIpc) is 2.42. The average molecular weight is 330 g/mol. The van der Waals surface area contributed by atoms with Gasteiger partial charge < -0.3 is 10.4 Å². The van der Waals surface area contributed by atoms with E-state index in [0.29, 0.717) is 16.6 Å². The molecule has 0 aliphatic carbocycles. The van der Waals surface area contributed by atoms with Crippen molar-refractivity contribution in [2.24, 2.45) is 5.41 Å². The van der Waals surface area contributed by atoms with E-state index in [-0.39, 0.29) is 17.9 Å². The number of aliphatic hydroxyl groups excluding tert-OH is 1. The molecular formula is C16H21Cl2NO2. The summed E-state index contributed by atoms with van der Waals surface area (Å²) in [6.07, 6.45) is 4.71. The molecule has 1 aromatic carbocycles. The normalized spacial score (nSPS) is 11.9. The first-order valence-corrected chi connectivity index (χ1v) is 7.61. The van der Waals surface area contributed by atoms with Crippen LogP contribution in [0.3, 0.4) is 0 Å². The van der Waals surface area contributed by atoms with Gasteiger partial charge in [0.1, 0.15) is 0 Å². The summed E-state index contributed by atoms with van der Waals surface area (Å²) in [5.41, 5.74) is 0.709. The van der Waals surface area contributed by atoms with Gasteiger partial charge in [0.25, 0.3) is 0 Å². The SMILES string of the molecule is CC(C)(CCCO)CNC(=O)/C=C/c1ccc(Cl)cc1Cl. The summed E-state index contributed by atoms with van der Waals surface area (Å²) in [6, 6.07) is 5.13. The van der Waals surface area contributed by atoms with E-state index in [0.717, 1.165) is 18.4 Å². The predicted molar refractivity (Wildman–Crippen MR) is 88.6 cm³/mol. The van der Waals surface area contributed by atoms with Gasteiger partial charge in [-0.2, -0.15) is 0 Å². The summed E-state index contributed by atoms with van der Waals surface area (Å²) in [7, 11) is 0. The lowest BCUT2D eigenvalue weighted by atomic mass is 9.88. The van der Waals surface area contributed by atoms with Crippen LogP contribution in [0, 0.1) is 5.41 Å². The molecule has 1 rings (SSSR count). The van der Waals surface area contributed by atoms with Gasteiger partial charge in [0.05, 0.1) is 0 Å². The quantitative estimate of drug-likeness (QED) is 0.745. The standard InChI is InChI=1S/C16H21Cl2NO2/c1-16(2,8-3-9-20)11-19-15(21)7-5-12-4-6-13(17)10-14(12)18/h4-7,10,20H,3,8-9,11H2,1-2H3,(H,19,21)/b7-5+. The maximum atomic E-state index is 11.8. The Kier molecular flexibility index (Phi) is 7.23. The topological polar surface area (TPSA) is 49.3 Å². The molecule has 0 fully saturated rings. The Hall–Kier alpha value is -1.03. The minimum atomic E-state index is -0.168. The summed E-state index contributed by atoms with van der Waals surface area (Å²) in [6.45, 7) is 4.85. The molecule has 0 saturated carbocycles. The molecule has 0 heterocycles. The van der Waals surface area contributed by atoms with Crippen molar-refractivity contribution in [2.45, 2.75) is 26.7 Å². The summed E-state index contributed by atoms with van der Waals surface area (Å²) in [5.74, 6) is -0.168. The van der Waals surface area contributed by atoms with Gasteiger partial charge in [0, 0.05) is 29.3 Å². The predicted octanol–water partition coefficient (Wildman–Crippen LogP) is 3.92. The number of rotatable bonds is 7. The third-order valence-corrected chi connectivity index (χ3v) is 3.69. The Morgan fingerprint density at radius 3 is 2.71 bits per heavy atom. The van der Waals surface area contributed by atoms with Crippen LogP contribution in [-0.2, 0) is 4.79 Å². The van der Waals surface area contributed by atoms with Gasteiger partial charge in [0.15, 0.2) is 0 Å². The summed E-state index contributed by atoms with van der Waals surface area (Å²) in [5, 5.41) is 12.8. The van der Waals surface area contributed by atoms with E-state index in [4.69, 9.17) is 28.3 Å². The fourth-order valence-corrected chi connectivity index (χ4v) is 2.30. The Morgan fingerprint density at radius 2 is 2.10 bits per heavy atom. The lowest BCUT2D eigenvalue weighted by Crippen LogP contribution is -2.33. The van der Waals surface area contributed by atoms with Crippen molar-refractivity contribution in [3.05, 3.63) is 39.9 Å². The molecule has 0 aromatic heterocycles. The zero-order valence-corrected chi connectivity index (χ0v) is 13.8. The molecule has 21 heavy (non-hydrogen) atoms. The molecule has 0 spiro atoms. The van der Waals surface area contributed by atoms with Crippen LogP contribution in [0.1, 0.15) is 32.3 Å². The fraction of sp³-hybridized carbons (Fsp3) is 0.438. The number of aliphatic hydroxyl groups is 1. The minimum absolute atomic E-state index is 0.0376. The number of benzene rings is 1. The maximum Gasteiger partial charge on any atom is 0.244 e. The molecule has 0 bridgehead atoms. The highest BCUT2D eigenvalue weighted by Crippen LogP contribution is 2.22. The van der Waals surface area contributed by atoms with Gasteiger partial charge in [-0.15, -0.1) is 0 Å². The van der Waals surface area contributed by atoms with Crippen molar-refractivity contribution in [3.8, 4) is 0 Å². The van der Waals surface area contributed by atoms with Crippen LogP contribution in [0.5, 0.6) is 0 Å². The van der Waals surface area contributed by atoms with Crippen LogP contribution in [0.4, 0.5) is 0 Å². The molecule has 1 amide bonds. The van der Waals surface area contributed by atoms with E-state index in [2.05, 4.69) is 19.2 Å². The minimum Gasteiger partial charge on any atom is -0.396 e. The van der Waals surface area contributed by atoms with Crippen LogP contribution < -0.4 is 5.32 Å². The van der Waals surface area contributed by atoms with Crippen molar-refractivity contribution in [1.82, 2.24) is 5.32 Å². The largest absolute Gasteiger partial charge is 0.396 e. The van der Waals surface area contributed by atoms with Gasteiger partial charge in [-0.3, -0.25) is 4.79 Å². The van der Waals surface area contributed by atoms with Gasteiger partial charge in [-0.1, -0.05) is 43.1 Å². The highest BCUT2D eigenvalue weighted by Gasteiger charge is 2.17. The van der Waals surface area contributed by atoms with E-state index in [9.17, 15) is 4.79 Å². The molecule has 1 aromatic rings. The fourth-order valence-electron chi connectivity index (χ4n) is 1.83. The van der Waals surface area contributed by atoms with Gasteiger partial charge in [-0.05, 0) is 42.0 Å². The summed E-state index contributed by atoms with van der Waals surface area (Å²) >= 11 is 11.8. The van der Waals surface area contributed by atoms with Gasteiger partial charge in [0.2, 0.25) is 5.91 Å². The van der Waals surface area contributed by atoms with Crippen molar-refractivity contribution in [3.63, 3.8) is 0 Å². The zero-order chi connectivity index (χ0) is 15.9. The molecule has 0 unspecified atom stereocenters. The van der Waals surface area contributed by atoms with E-state index in [1.807, 2.05) is 0 Å². The first-order valence-electron chi connectivity index (χ1n) is 6.86. The van der Waals surface area contributed by atoms with Crippen molar-refractivity contribution < 1.29 is 9.90 Å². The molecule has 2 N–H and O–H groups in total. The van der Waals surface area contributed by atoms with E-state index in [1.165, 1.54) is 6.08 Å². The zero-order valence-electron chi connectivity index (χ0n) is 12.3. The summed E-state index contributed by atoms with van der Waals surface area (Å²) < 4.78 is 0. The molecule has 0 saturated heterocycles. The first kappa shape index (κ1) is 18.0. The van der Waals surface area contributed by atoms with Gasteiger partial charge >= 0.3 is 0 Å². The van der Waals surface area contributed by atoms with Crippen LogP contribution in [-0.4, -0.2) is 24.2 Å². The second-order valence-corrected chi connectivity index (χ2v) is 6.55.